The highest BCUT2D eigenvalue weighted by Gasteiger charge is 2.35. The van der Waals surface area contributed by atoms with Gasteiger partial charge in [0.05, 0.1) is 0 Å². The molecule has 28 heavy (non-hydrogen) atoms. The fourth-order valence-electron chi connectivity index (χ4n) is 3.76. The first kappa shape index (κ1) is 22.8. The van der Waals surface area contributed by atoms with Crippen LogP contribution >= 0.6 is 0 Å². The maximum atomic E-state index is 13.4. The molecule has 1 atom stereocenters. The summed E-state index contributed by atoms with van der Waals surface area (Å²) in [5, 5.41) is 0. The van der Waals surface area contributed by atoms with Crippen molar-refractivity contribution in [3.05, 3.63) is 35.9 Å². The largest absolute Gasteiger partial charge is 0.338 e. The number of carbonyl (C=O) groups excluding carboxylic acids is 1. The van der Waals surface area contributed by atoms with Gasteiger partial charge in [0, 0.05) is 39.3 Å². The molecular weight excluding hydrogens is 376 g/mol. The van der Waals surface area contributed by atoms with Crippen molar-refractivity contribution in [1.82, 2.24) is 18.4 Å². The maximum absolute atomic E-state index is 13.4. The fraction of sp³-hybridized carbons (Fsp3) is 0.650. The Bertz CT molecular complexity index is 710. The first-order valence-electron chi connectivity index (χ1n) is 10.2. The Kier molecular flexibility index (Phi) is 8.42. The summed E-state index contributed by atoms with van der Waals surface area (Å²) < 4.78 is 28.4. The molecule has 0 bridgehead atoms. The third-order valence-electron chi connectivity index (χ3n) is 5.44. The Morgan fingerprint density at radius 1 is 0.929 bits per heavy atom. The van der Waals surface area contributed by atoms with Crippen LogP contribution in [0.15, 0.2) is 30.3 Å². The summed E-state index contributed by atoms with van der Waals surface area (Å²) in [6, 6.07) is 9.50. The molecule has 0 aliphatic carbocycles. The van der Waals surface area contributed by atoms with E-state index < -0.39 is 10.2 Å². The van der Waals surface area contributed by atoms with Crippen LogP contribution in [-0.2, 0) is 15.0 Å². The third kappa shape index (κ3) is 4.92. The van der Waals surface area contributed by atoms with Gasteiger partial charge in [0.2, 0.25) is 5.91 Å². The summed E-state index contributed by atoms with van der Waals surface area (Å²) in [7, 11) is -3.45. The molecule has 8 heteroatoms. The summed E-state index contributed by atoms with van der Waals surface area (Å²) in [4.78, 5) is 17.3. The van der Waals surface area contributed by atoms with Crippen LogP contribution in [0.3, 0.4) is 0 Å². The van der Waals surface area contributed by atoms with Crippen LogP contribution in [-0.4, -0.2) is 85.1 Å². The molecule has 1 aromatic carbocycles. The second-order valence-electron chi connectivity index (χ2n) is 6.85. The van der Waals surface area contributed by atoms with Crippen LogP contribution in [0, 0.1) is 0 Å². The van der Waals surface area contributed by atoms with E-state index in [1.54, 1.807) is 0 Å². The van der Waals surface area contributed by atoms with E-state index in [0.29, 0.717) is 39.3 Å². The number of rotatable bonds is 9. The number of carbonyl (C=O) groups is 1. The Morgan fingerprint density at radius 2 is 1.46 bits per heavy atom. The molecule has 0 radical (unpaired) electrons. The summed E-state index contributed by atoms with van der Waals surface area (Å²) in [5.74, 6) is 0.0507. The van der Waals surface area contributed by atoms with Gasteiger partial charge in [-0.1, -0.05) is 58.0 Å². The van der Waals surface area contributed by atoms with Gasteiger partial charge < -0.3 is 4.90 Å². The van der Waals surface area contributed by atoms with Crippen molar-refractivity contribution in [2.24, 2.45) is 0 Å². The van der Waals surface area contributed by atoms with Crippen LogP contribution in [0.2, 0.25) is 0 Å². The number of hydrogen-bond acceptors (Lipinski definition) is 4. The van der Waals surface area contributed by atoms with Gasteiger partial charge in [-0.25, -0.2) is 0 Å². The van der Waals surface area contributed by atoms with E-state index in [-0.39, 0.29) is 11.9 Å². The van der Waals surface area contributed by atoms with Crippen LogP contribution in [0.25, 0.3) is 0 Å². The summed E-state index contributed by atoms with van der Waals surface area (Å²) >= 11 is 0. The van der Waals surface area contributed by atoms with Gasteiger partial charge in [-0.3, -0.25) is 9.69 Å². The molecule has 0 N–H and O–H groups in total. The summed E-state index contributed by atoms with van der Waals surface area (Å²) in [5.41, 5.74) is 0.981. The van der Waals surface area contributed by atoms with E-state index in [0.717, 1.165) is 18.7 Å². The standard InChI is InChI=1S/C20H34N4O3S/c1-5-21(6-2)19(18-12-10-9-11-13-18)20(25)22-14-16-24(17-15-22)28(26,27)23(7-3)8-4/h9-13,19H,5-8,14-17H2,1-4H3. The lowest BCUT2D eigenvalue weighted by Crippen LogP contribution is -2.55. The van der Waals surface area contributed by atoms with Gasteiger partial charge in [0.25, 0.3) is 10.2 Å². The minimum atomic E-state index is -3.45. The lowest BCUT2D eigenvalue weighted by Gasteiger charge is -2.39. The number of benzene rings is 1. The molecule has 0 spiro atoms. The smallest absolute Gasteiger partial charge is 0.282 e. The second-order valence-corrected chi connectivity index (χ2v) is 8.78. The Labute approximate surface area is 170 Å². The highest BCUT2D eigenvalue weighted by atomic mass is 32.2. The van der Waals surface area contributed by atoms with Crippen LogP contribution in [0.4, 0.5) is 0 Å². The zero-order chi connectivity index (χ0) is 20.7. The van der Waals surface area contributed by atoms with Crippen LogP contribution in [0.1, 0.15) is 39.3 Å². The Morgan fingerprint density at radius 3 is 1.93 bits per heavy atom. The highest BCUT2D eigenvalue weighted by Crippen LogP contribution is 2.24. The lowest BCUT2D eigenvalue weighted by molar-refractivity contribution is -0.138. The zero-order valence-electron chi connectivity index (χ0n) is 17.5. The highest BCUT2D eigenvalue weighted by molar-refractivity contribution is 7.86. The molecule has 1 unspecified atom stereocenters. The molecule has 0 aromatic heterocycles. The third-order valence-corrected chi connectivity index (χ3v) is 7.62. The van der Waals surface area contributed by atoms with Gasteiger partial charge >= 0.3 is 0 Å². The molecule has 1 saturated heterocycles. The minimum Gasteiger partial charge on any atom is -0.338 e. The maximum Gasteiger partial charge on any atom is 0.282 e. The molecule has 1 aliphatic heterocycles. The van der Waals surface area contributed by atoms with Crippen molar-refractivity contribution in [1.29, 1.82) is 0 Å². The van der Waals surface area contributed by atoms with Crippen LogP contribution < -0.4 is 0 Å². The Hall–Kier alpha value is -1.48. The van der Waals surface area contributed by atoms with Crippen molar-refractivity contribution in [3.8, 4) is 0 Å². The topological polar surface area (TPSA) is 64.2 Å². The van der Waals surface area contributed by atoms with Gasteiger partial charge in [-0.05, 0) is 18.7 Å². The van der Waals surface area contributed by atoms with Crippen molar-refractivity contribution in [3.63, 3.8) is 0 Å². The predicted molar refractivity (Wildman–Crippen MR) is 112 cm³/mol. The van der Waals surface area contributed by atoms with Gasteiger partial charge in [0.15, 0.2) is 0 Å². The van der Waals surface area contributed by atoms with Gasteiger partial charge in [0.1, 0.15) is 6.04 Å². The van der Waals surface area contributed by atoms with Crippen molar-refractivity contribution < 1.29 is 13.2 Å². The average Bonchev–Trinajstić information content (AvgIpc) is 2.73. The second kappa shape index (κ2) is 10.3. The predicted octanol–water partition coefficient (Wildman–Crippen LogP) is 1.80. The molecule has 1 amide bonds. The first-order chi connectivity index (χ1) is 13.4. The molecule has 1 aromatic rings. The number of piperazine rings is 1. The van der Waals surface area contributed by atoms with E-state index in [2.05, 4.69) is 18.7 Å². The molecule has 1 fully saturated rings. The molecule has 1 aliphatic rings. The summed E-state index contributed by atoms with van der Waals surface area (Å²) in [6.07, 6.45) is 0. The Balaban J connectivity index is 2.14. The van der Waals surface area contributed by atoms with E-state index in [4.69, 9.17) is 0 Å². The normalized spacial score (nSPS) is 17.3. The SMILES string of the molecule is CCN(CC)C(C(=O)N1CCN(S(=O)(=O)N(CC)CC)CC1)c1ccccc1. The molecule has 158 valence electrons. The molecule has 2 rings (SSSR count). The monoisotopic (exact) mass is 410 g/mol. The van der Waals surface area contributed by atoms with Crippen molar-refractivity contribution in [2.45, 2.75) is 33.7 Å². The number of nitrogens with zero attached hydrogens (tertiary/aromatic N) is 4. The zero-order valence-corrected chi connectivity index (χ0v) is 18.4. The molecule has 1 heterocycles. The van der Waals surface area contributed by atoms with E-state index in [1.165, 1.54) is 8.61 Å². The number of likely N-dealkylation sites (N-methyl/N-ethyl adjacent to an activating group) is 1. The number of amides is 1. The molecule has 0 saturated carbocycles. The quantitative estimate of drug-likeness (QED) is 0.623. The first-order valence-corrected chi connectivity index (χ1v) is 11.6. The summed E-state index contributed by atoms with van der Waals surface area (Å²) in [6.45, 7) is 11.8. The van der Waals surface area contributed by atoms with Crippen molar-refractivity contribution in [2.75, 3.05) is 52.4 Å². The van der Waals surface area contributed by atoms with E-state index >= 15 is 0 Å². The van der Waals surface area contributed by atoms with E-state index in [1.807, 2.05) is 49.1 Å². The van der Waals surface area contributed by atoms with Crippen molar-refractivity contribution >= 4 is 16.1 Å². The van der Waals surface area contributed by atoms with E-state index in [9.17, 15) is 13.2 Å². The molecule has 7 nitrogen and oxygen atoms in total. The average molecular weight is 411 g/mol. The number of hydrogen-bond donors (Lipinski definition) is 0. The lowest BCUT2D eigenvalue weighted by atomic mass is 10.0. The van der Waals surface area contributed by atoms with Crippen LogP contribution in [0.5, 0.6) is 0 Å². The molecular formula is C20H34N4O3S. The van der Waals surface area contributed by atoms with Gasteiger partial charge in [-0.2, -0.15) is 17.0 Å². The van der Waals surface area contributed by atoms with Gasteiger partial charge in [-0.15, -0.1) is 0 Å². The fourth-order valence-corrected chi connectivity index (χ4v) is 5.36. The minimum absolute atomic E-state index is 0.0507.